The second-order valence-electron chi connectivity index (χ2n) is 15.5. The first-order valence-corrected chi connectivity index (χ1v) is 21.0. The third-order valence-corrected chi connectivity index (χ3v) is 19.9. The Balaban J connectivity index is 1.77. The van der Waals surface area contributed by atoms with Crippen molar-refractivity contribution >= 4 is 33.0 Å². The maximum atomic E-state index is 12.8. The Morgan fingerprint density at radius 2 is 1.47 bits per heavy atom. The molecule has 45 heavy (non-hydrogen) atoms. The molecule has 0 radical (unpaired) electrons. The van der Waals surface area contributed by atoms with Crippen molar-refractivity contribution < 1.29 is 23.1 Å². The zero-order chi connectivity index (χ0) is 33.3. The van der Waals surface area contributed by atoms with Gasteiger partial charge in [0, 0.05) is 6.42 Å². The summed E-state index contributed by atoms with van der Waals surface area (Å²) in [5.41, 5.74) is -0.411. The van der Waals surface area contributed by atoms with Crippen LogP contribution in [0.1, 0.15) is 61.8 Å². The quantitative estimate of drug-likeness (QED) is 0.149. The first-order valence-electron chi connectivity index (χ1n) is 16.2. The van der Waals surface area contributed by atoms with E-state index in [1.54, 1.807) is 7.11 Å². The molecule has 0 saturated carbocycles. The smallest absolute Gasteiger partial charge is 0.335 e. The molecule has 0 bridgehead atoms. The maximum Gasteiger partial charge on any atom is 0.335 e. The van der Waals surface area contributed by atoms with Crippen LogP contribution in [0.2, 0.25) is 23.2 Å². The fraction of sp³-hybridized carbons (Fsp3) is 0.500. The molecule has 7 heteroatoms. The highest BCUT2D eigenvalue weighted by Crippen LogP contribution is 2.54. The summed E-state index contributed by atoms with van der Waals surface area (Å²) < 4.78 is 25.9. The van der Waals surface area contributed by atoms with Crippen LogP contribution in [0.3, 0.4) is 0 Å². The van der Waals surface area contributed by atoms with Crippen LogP contribution in [-0.2, 0) is 23.1 Å². The Bertz CT molecular complexity index is 1390. The van der Waals surface area contributed by atoms with E-state index in [1.807, 2.05) is 0 Å². The minimum absolute atomic E-state index is 0.0950. The lowest BCUT2D eigenvalue weighted by Gasteiger charge is -2.49. The van der Waals surface area contributed by atoms with E-state index in [0.29, 0.717) is 25.4 Å². The Hall–Kier alpha value is -2.72. The number of methoxy groups -OCH3 is 1. The van der Waals surface area contributed by atoms with E-state index >= 15 is 0 Å². The summed E-state index contributed by atoms with van der Waals surface area (Å²) in [6.45, 7) is 23.5. The standard InChI is InChI=1S/C38H54O5Si2/c1-29-26-38(33(40-9)25-34(39)43-38)37(8,23-18-24-41-44(10,11)35(2,3)4)27-30(29)28-42-45(36(5,6)7,31-19-14-12-15-20-31)32-21-16-13-17-22-32/h12-23,25,27,29H,24,26,28H2,1-11H3/b23-18+/t29-,37-,38-/m0/s1. The van der Waals surface area contributed by atoms with E-state index in [4.69, 9.17) is 18.3 Å². The number of carbonyl (C=O) groups excluding carboxylic acids is 1. The lowest BCUT2D eigenvalue weighted by atomic mass is 9.62. The number of benzene rings is 2. The molecule has 0 fully saturated rings. The molecule has 0 N–H and O–H groups in total. The molecule has 1 spiro atoms. The number of esters is 1. The van der Waals surface area contributed by atoms with Gasteiger partial charge in [-0.05, 0) is 52.0 Å². The second-order valence-corrected chi connectivity index (χ2v) is 24.6. The minimum Gasteiger partial charge on any atom is -0.497 e. The zero-order valence-corrected chi connectivity index (χ0v) is 31.3. The van der Waals surface area contributed by atoms with Crippen LogP contribution in [-0.4, -0.2) is 48.5 Å². The summed E-state index contributed by atoms with van der Waals surface area (Å²) in [5, 5.41) is 2.49. The molecule has 3 atom stereocenters. The first-order chi connectivity index (χ1) is 20.9. The van der Waals surface area contributed by atoms with Gasteiger partial charge in [-0.25, -0.2) is 4.79 Å². The van der Waals surface area contributed by atoms with Gasteiger partial charge in [0.2, 0.25) is 0 Å². The molecule has 244 valence electrons. The molecule has 5 nitrogen and oxygen atoms in total. The SMILES string of the molecule is COC1=CC(=O)O[C@@]12C[C@H](C)C(CO[Si](c1ccccc1)(c1ccccc1)C(C)(C)C)=C[C@]2(C)/C=C/CO[Si](C)(C)C(C)(C)C. The van der Waals surface area contributed by atoms with Crippen LogP contribution in [0, 0.1) is 11.3 Å². The van der Waals surface area contributed by atoms with Crippen LogP contribution >= 0.6 is 0 Å². The van der Waals surface area contributed by atoms with E-state index in [1.165, 1.54) is 22.0 Å². The number of ether oxygens (including phenoxy) is 2. The first kappa shape index (κ1) is 35.1. The van der Waals surface area contributed by atoms with Crippen molar-refractivity contribution in [3.05, 3.63) is 96.3 Å². The highest BCUT2D eigenvalue weighted by atomic mass is 28.4. The average molecular weight is 647 g/mol. The molecule has 0 aromatic heterocycles. The monoisotopic (exact) mass is 646 g/mol. The summed E-state index contributed by atoms with van der Waals surface area (Å²) in [7, 11) is -3.06. The van der Waals surface area contributed by atoms with E-state index in [9.17, 15) is 4.79 Å². The number of rotatable bonds is 10. The summed E-state index contributed by atoms with van der Waals surface area (Å²) in [6, 6.07) is 21.5. The van der Waals surface area contributed by atoms with Gasteiger partial charge in [0.1, 0.15) is 5.76 Å². The zero-order valence-electron chi connectivity index (χ0n) is 29.3. The third kappa shape index (κ3) is 6.60. The van der Waals surface area contributed by atoms with Gasteiger partial charge in [0.25, 0.3) is 8.32 Å². The topological polar surface area (TPSA) is 54.0 Å². The molecular weight excluding hydrogens is 593 g/mol. The summed E-state index contributed by atoms with van der Waals surface area (Å²) >= 11 is 0. The van der Waals surface area contributed by atoms with Crippen LogP contribution < -0.4 is 10.4 Å². The van der Waals surface area contributed by atoms with Crippen molar-refractivity contribution in [1.29, 1.82) is 0 Å². The molecule has 2 aromatic rings. The normalized spacial score (nSPS) is 24.5. The number of carbonyl (C=O) groups is 1. The van der Waals surface area contributed by atoms with E-state index in [-0.39, 0.29) is 22.0 Å². The Morgan fingerprint density at radius 1 is 0.911 bits per heavy atom. The van der Waals surface area contributed by atoms with Gasteiger partial charge in [-0.15, -0.1) is 0 Å². The van der Waals surface area contributed by atoms with Crippen LogP contribution in [0.4, 0.5) is 0 Å². The van der Waals surface area contributed by atoms with Crippen molar-refractivity contribution in [1.82, 2.24) is 0 Å². The fourth-order valence-corrected chi connectivity index (χ4v) is 12.2. The summed E-state index contributed by atoms with van der Waals surface area (Å²) in [4.78, 5) is 12.8. The number of hydrogen-bond acceptors (Lipinski definition) is 5. The predicted molar refractivity (Wildman–Crippen MR) is 190 cm³/mol. The minimum atomic E-state index is -2.75. The molecule has 2 aromatic carbocycles. The molecule has 2 aliphatic rings. The summed E-state index contributed by atoms with van der Waals surface area (Å²) in [5.74, 6) is 0.300. The van der Waals surface area contributed by atoms with Crippen molar-refractivity contribution in [3.8, 4) is 0 Å². The molecule has 1 aliphatic carbocycles. The van der Waals surface area contributed by atoms with Gasteiger partial charge in [0.15, 0.2) is 13.9 Å². The molecule has 1 aliphatic heterocycles. The van der Waals surface area contributed by atoms with Gasteiger partial charge < -0.3 is 18.3 Å². The van der Waals surface area contributed by atoms with Crippen LogP contribution in [0.15, 0.2) is 96.3 Å². The van der Waals surface area contributed by atoms with Crippen LogP contribution in [0.25, 0.3) is 0 Å². The van der Waals surface area contributed by atoms with Gasteiger partial charge in [-0.1, -0.05) is 127 Å². The third-order valence-electron chi connectivity index (χ3n) is 10.4. The van der Waals surface area contributed by atoms with Crippen molar-refractivity contribution in [2.45, 2.75) is 90.6 Å². The fourth-order valence-electron chi connectivity index (χ4n) is 6.73. The molecule has 0 amide bonds. The average Bonchev–Trinajstić information content (AvgIpc) is 3.30. The molecule has 0 saturated heterocycles. The Morgan fingerprint density at radius 3 is 1.96 bits per heavy atom. The van der Waals surface area contributed by atoms with E-state index in [0.717, 1.165) is 0 Å². The van der Waals surface area contributed by atoms with Crippen molar-refractivity contribution in [2.75, 3.05) is 20.3 Å². The van der Waals surface area contributed by atoms with Gasteiger partial charge in [-0.2, -0.15) is 0 Å². The second kappa shape index (κ2) is 12.8. The highest BCUT2D eigenvalue weighted by molar-refractivity contribution is 6.99. The van der Waals surface area contributed by atoms with Crippen LogP contribution in [0.5, 0.6) is 0 Å². The Kier molecular flexibility index (Phi) is 10.0. The van der Waals surface area contributed by atoms with Crippen molar-refractivity contribution in [3.63, 3.8) is 0 Å². The lowest BCUT2D eigenvalue weighted by Crippen LogP contribution is -2.66. The molecule has 1 heterocycles. The largest absolute Gasteiger partial charge is 0.497 e. The molecular formula is C38H54O5Si2. The Labute approximate surface area is 274 Å². The lowest BCUT2D eigenvalue weighted by molar-refractivity contribution is -0.158. The predicted octanol–water partition coefficient (Wildman–Crippen LogP) is 7.94. The van der Waals surface area contributed by atoms with Gasteiger partial charge >= 0.3 is 5.97 Å². The highest BCUT2D eigenvalue weighted by Gasteiger charge is 2.59. The van der Waals surface area contributed by atoms with E-state index < -0.39 is 27.7 Å². The van der Waals surface area contributed by atoms with Gasteiger partial charge in [-0.3, -0.25) is 0 Å². The summed E-state index contributed by atoms with van der Waals surface area (Å²) in [6.07, 6.45) is 8.61. The maximum absolute atomic E-state index is 12.8. The van der Waals surface area contributed by atoms with E-state index in [2.05, 4.69) is 147 Å². The number of hydrogen-bond donors (Lipinski definition) is 0. The van der Waals surface area contributed by atoms with Gasteiger partial charge in [0.05, 0.1) is 31.8 Å². The molecule has 0 unspecified atom stereocenters. The molecule has 4 rings (SSSR count). The van der Waals surface area contributed by atoms with Crippen molar-refractivity contribution in [2.24, 2.45) is 11.3 Å².